The number of aromatic carboxylic acids is 1. The molecule has 1 aliphatic heterocycles. The van der Waals surface area contributed by atoms with E-state index in [-0.39, 0.29) is 11.3 Å². The smallest absolute Gasteiger partial charge is 0.341 e. The highest BCUT2D eigenvalue weighted by molar-refractivity contribution is 7.16. The summed E-state index contributed by atoms with van der Waals surface area (Å²) in [5.41, 5.74) is 2.25. The number of H-pyrrole nitrogens is 1. The zero-order valence-electron chi connectivity index (χ0n) is 15.6. The molecule has 1 aromatic carbocycles. The van der Waals surface area contributed by atoms with Crippen LogP contribution in [-0.4, -0.2) is 35.5 Å². The standard InChI is InChI=1S/C21H18N2O5S/c1-28-20-17(15-5-11-14(24)7-22-8-16(11)29-15)10(9-2-3-9)4-12-18(20)23-6-13(19(12)25)21(26)27/h4-6,9,22H,2-3,7-8H2,1H3,(H,23,25)(H,26,27). The van der Waals surface area contributed by atoms with Crippen molar-refractivity contribution in [3.63, 3.8) is 0 Å². The molecule has 0 atom stereocenters. The molecular weight excluding hydrogens is 392 g/mol. The monoisotopic (exact) mass is 410 g/mol. The van der Waals surface area contributed by atoms with Gasteiger partial charge in [0, 0.05) is 33.6 Å². The Morgan fingerprint density at radius 2 is 2.03 bits per heavy atom. The predicted octanol–water partition coefficient (Wildman–Crippen LogP) is 3.13. The summed E-state index contributed by atoms with van der Waals surface area (Å²) in [6, 6.07) is 3.72. The molecule has 1 fully saturated rings. The van der Waals surface area contributed by atoms with E-state index in [2.05, 4.69) is 10.3 Å². The van der Waals surface area contributed by atoms with Crippen LogP contribution in [0, 0.1) is 0 Å². The summed E-state index contributed by atoms with van der Waals surface area (Å²) in [7, 11) is 1.54. The summed E-state index contributed by atoms with van der Waals surface area (Å²) in [4.78, 5) is 41.3. The molecule has 0 unspecified atom stereocenters. The van der Waals surface area contributed by atoms with Crippen molar-refractivity contribution in [3.05, 3.63) is 50.1 Å². The van der Waals surface area contributed by atoms with Gasteiger partial charge < -0.3 is 20.1 Å². The van der Waals surface area contributed by atoms with Crippen LogP contribution in [0.25, 0.3) is 21.3 Å². The summed E-state index contributed by atoms with van der Waals surface area (Å²) in [6.07, 6.45) is 3.22. The van der Waals surface area contributed by atoms with Crippen LogP contribution in [0.3, 0.4) is 0 Å². The van der Waals surface area contributed by atoms with E-state index >= 15 is 0 Å². The molecule has 2 aromatic heterocycles. The average Bonchev–Trinajstić information content (AvgIpc) is 3.45. The molecule has 5 rings (SSSR count). The van der Waals surface area contributed by atoms with Crippen molar-refractivity contribution < 1.29 is 19.4 Å². The number of benzene rings is 1. The van der Waals surface area contributed by atoms with Gasteiger partial charge in [-0.15, -0.1) is 11.3 Å². The fraction of sp³-hybridized carbons (Fsp3) is 0.286. The van der Waals surface area contributed by atoms with Gasteiger partial charge in [-0.2, -0.15) is 0 Å². The summed E-state index contributed by atoms with van der Waals surface area (Å²) in [5.74, 6) is -0.385. The summed E-state index contributed by atoms with van der Waals surface area (Å²) < 4.78 is 5.73. The van der Waals surface area contributed by atoms with E-state index in [4.69, 9.17) is 4.74 Å². The molecule has 148 valence electrons. The molecule has 1 saturated carbocycles. The van der Waals surface area contributed by atoms with Crippen LogP contribution in [0.5, 0.6) is 5.75 Å². The maximum atomic E-state index is 12.8. The van der Waals surface area contributed by atoms with Gasteiger partial charge in [0.15, 0.2) is 11.5 Å². The number of carboxylic acids is 1. The number of thiophene rings is 1. The molecular formula is C21H18N2O5S. The van der Waals surface area contributed by atoms with Crippen molar-refractivity contribution in [1.82, 2.24) is 10.3 Å². The quantitative estimate of drug-likeness (QED) is 0.610. The number of carboxylic acid groups (broad SMARTS) is 1. The number of pyridine rings is 1. The first kappa shape index (κ1) is 18.1. The fourth-order valence-electron chi connectivity index (χ4n) is 3.99. The predicted molar refractivity (Wildman–Crippen MR) is 109 cm³/mol. The van der Waals surface area contributed by atoms with Crippen LogP contribution >= 0.6 is 11.3 Å². The summed E-state index contributed by atoms with van der Waals surface area (Å²) in [5, 5.41) is 12.7. The lowest BCUT2D eigenvalue weighted by atomic mass is 9.96. The highest BCUT2D eigenvalue weighted by atomic mass is 32.1. The minimum atomic E-state index is -1.26. The number of fused-ring (bicyclic) bond motifs is 2. The zero-order chi connectivity index (χ0) is 20.3. The highest BCUT2D eigenvalue weighted by Gasteiger charge is 2.32. The Morgan fingerprint density at radius 1 is 1.24 bits per heavy atom. The SMILES string of the molecule is COc1c(-c2cc3c(s2)CNCC3=O)c(C2CC2)cc2c(=O)c(C(=O)O)c[nH]c12. The van der Waals surface area contributed by atoms with E-state index in [1.807, 2.05) is 6.07 Å². The molecule has 0 amide bonds. The lowest BCUT2D eigenvalue weighted by molar-refractivity contribution is 0.0695. The number of Topliss-reactive ketones (excluding diaryl/α,β-unsaturated/α-hetero) is 1. The maximum Gasteiger partial charge on any atom is 0.341 e. The van der Waals surface area contributed by atoms with Crippen molar-refractivity contribution in [3.8, 4) is 16.2 Å². The first-order valence-corrected chi connectivity index (χ1v) is 10.2. The Morgan fingerprint density at radius 3 is 2.69 bits per heavy atom. The Kier molecular flexibility index (Phi) is 4.07. The van der Waals surface area contributed by atoms with E-state index in [0.29, 0.717) is 35.7 Å². The van der Waals surface area contributed by atoms with Gasteiger partial charge >= 0.3 is 5.97 Å². The number of hydrogen-bond donors (Lipinski definition) is 3. The van der Waals surface area contributed by atoms with Gasteiger partial charge in [-0.25, -0.2) is 4.79 Å². The van der Waals surface area contributed by atoms with Gasteiger partial charge in [-0.3, -0.25) is 9.59 Å². The van der Waals surface area contributed by atoms with Crippen LogP contribution < -0.4 is 15.5 Å². The van der Waals surface area contributed by atoms with E-state index in [0.717, 1.165) is 39.3 Å². The number of aromatic amines is 1. The maximum absolute atomic E-state index is 12.8. The Bertz CT molecular complexity index is 1250. The first-order valence-electron chi connectivity index (χ1n) is 9.36. The lowest BCUT2D eigenvalue weighted by Crippen LogP contribution is -2.28. The Labute approximate surface area is 169 Å². The molecule has 1 aliphatic carbocycles. The van der Waals surface area contributed by atoms with Crippen LogP contribution in [-0.2, 0) is 6.54 Å². The van der Waals surface area contributed by atoms with Crippen molar-refractivity contribution in [2.75, 3.05) is 13.7 Å². The van der Waals surface area contributed by atoms with Crippen LogP contribution in [0.4, 0.5) is 0 Å². The molecule has 0 bridgehead atoms. The van der Waals surface area contributed by atoms with Gasteiger partial charge in [-0.05, 0) is 36.5 Å². The van der Waals surface area contributed by atoms with Crippen LogP contribution in [0.2, 0.25) is 0 Å². The van der Waals surface area contributed by atoms with Crippen molar-refractivity contribution in [1.29, 1.82) is 0 Å². The minimum absolute atomic E-state index is 0.0704. The second-order valence-electron chi connectivity index (χ2n) is 7.38. The average molecular weight is 410 g/mol. The number of ether oxygens (including phenoxy) is 1. The first-order chi connectivity index (χ1) is 14.0. The molecule has 0 saturated heterocycles. The Hall–Kier alpha value is -2.97. The molecule has 3 heterocycles. The normalized spacial score (nSPS) is 16.1. The number of carbonyl (C=O) groups is 2. The van der Waals surface area contributed by atoms with E-state index in [1.165, 1.54) is 6.20 Å². The number of methoxy groups -OCH3 is 1. The van der Waals surface area contributed by atoms with E-state index in [9.17, 15) is 19.5 Å². The minimum Gasteiger partial charge on any atom is -0.494 e. The molecule has 3 N–H and O–H groups in total. The summed E-state index contributed by atoms with van der Waals surface area (Å²) in [6.45, 7) is 0.984. The van der Waals surface area contributed by atoms with E-state index in [1.54, 1.807) is 24.5 Å². The zero-order valence-corrected chi connectivity index (χ0v) is 16.4. The molecule has 29 heavy (non-hydrogen) atoms. The molecule has 3 aromatic rings. The number of ketones is 1. The van der Waals surface area contributed by atoms with Crippen molar-refractivity contribution >= 4 is 34.0 Å². The molecule has 2 aliphatic rings. The fourth-order valence-corrected chi connectivity index (χ4v) is 5.20. The number of carbonyl (C=O) groups excluding carboxylic acids is 1. The third-order valence-corrected chi connectivity index (χ3v) is 6.69. The van der Waals surface area contributed by atoms with Crippen LogP contribution in [0.1, 0.15) is 49.9 Å². The number of aromatic nitrogens is 1. The van der Waals surface area contributed by atoms with Gasteiger partial charge in [0.1, 0.15) is 5.56 Å². The van der Waals surface area contributed by atoms with Gasteiger partial charge in [-0.1, -0.05) is 0 Å². The number of rotatable bonds is 4. The van der Waals surface area contributed by atoms with Crippen molar-refractivity contribution in [2.24, 2.45) is 0 Å². The molecule has 7 nitrogen and oxygen atoms in total. The van der Waals surface area contributed by atoms with Gasteiger partial charge in [0.25, 0.3) is 0 Å². The van der Waals surface area contributed by atoms with Gasteiger partial charge in [0.2, 0.25) is 5.43 Å². The number of hydrogen-bond acceptors (Lipinski definition) is 6. The molecule has 0 spiro atoms. The van der Waals surface area contributed by atoms with Crippen molar-refractivity contribution in [2.45, 2.75) is 25.3 Å². The summed E-state index contributed by atoms with van der Waals surface area (Å²) >= 11 is 1.55. The number of nitrogens with one attached hydrogen (secondary N) is 2. The van der Waals surface area contributed by atoms with E-state index < -0.39 is 11.4 Å². The topological polar surface area (TPSA) is 108 Å². The Balaban J connectivity index is 1.82. The lowest BCUT2D eigenvalue weighted by Gasteiger charge is -2.16. The second kappa shape index (κ2) is 6.53. The van der Waals surface area contributed by atoms with Gasteiger partial charge in [0.05, 0.1) is 24.6 Å². The highest BCUT2D eigenvalue weighted by Crippen LogP contribution is 2.51. The van der Waals surface area contributed by atoms with Crippen LogP contribution in [0.15, 0.2) is 23.1 Å². The third-order valence-electron chi connectivity index (χ3n) is 5.54. The third kappa shape index (κ3) is 2.79. The molecule has 0 radical (unpaired) electrons. The molecule has 8 heteroatoms. The second-order valence-corrected chi connectivity index (χ2v) is 8.52. The largest absolute Gasteiger partial charge is 0.494 e.